The quantitative estimate of drug-likeness (QED) is 0.876. The van der Waals surface area contributed by atoms with Gasteiger partial charge in [-0.3, -0.25) is 9.98 Å². The molecular weight excluding hydrogens is 286 g/mol. The number of aliphatic imine (C=N–C) groups is 1. The number of pyridine rings is 1. The SMILES string of the molecule is CC(C)CC[C@H](C)CNS(=O)(=O)C1=NCc2ncccc21. The van der Waals surface area contributed by atoms with Gasteiger partial charge in [-0.05, 0) is 30.4 Å². The average Bonchev–Trinajstić information content (AvgIpc) is 2.87. The first-order chi connectivity index (χ1) is 9.90. The molecule has 6 heteroatoms. The number of sulfonamides is 1. The lowest BCUT2D eigenvalue weighted by Gasteiger charge is -2.14. The van der Waals surface area contributed by atoms with Crippen molar-refractivity contribution >= 4 is 15.1 Å². The molecule has 1 aliphatic heterocycles. The Hall–Kier alpha value is -1.27. The van der Waals surface area contributed by atoms with E-state index in [1.807, 2.05) is 0 Å². The van der Waals surface area contributed by atoms with E-state index in [4.69, 9.17) is 0 Å². The monoisotopic (exact) mass is 309 g/mol. The molecule has 0 bridgehead atoms. The molecule has 0 unspecified atom stereocenters. The first kappa shape index (κ1) is 16.1. The van der Waals surface area contributed by atoms with Crippen molar-refractivity contribution in [1.82, 2.24) is 9.71 Å². The van der Waals surface area contributed by atoms with Gasteiger partial charge in [0.25, 0.3) is 10.0 Å². The maximum Gasteiger partial charge on any atom is 0.258 e. The minimum Gasteiger partial charge on any atom is -0.265 e. The van der Waals surface area contributed by atoms with Gasteiger partial charge in [0.2, 0.25) is 0 Å². The van der Waals surface area contributed by atoms with E-state index in [-0.39, 0.29) is 5.04 Å². The van der Waals surface area contributed by atoms with Crippen LogP contribution in [0, 0.1) is 11.8 Å². The maximum absolute atomic E-state index is 12.4. The van der Waals surface area contributed by atoms with Crippen molar-refractivity contribution in [3.63, 3.8) is 0 Å². The minimum absolute atomic E-state index is 0.127. The van der Waals surface area contributed by atoms with Crippen molar-refractivity contribution in [1.29, 1.82) is 0 Å². The molecule has 2 rings (SSSR count). The molecule has 0 saturated heterocycles. The van der Waals surface area contributed by atoms with Gasteiger partial charge in [0.1, 0.15) is 0 Å². The molecule has 0 aliphatic carbocycles. The molecule has 116 valence electrons. The van der Waals surface area contributed by atoms with E-state index in [0.29, 0.717) is 30.5 Å². The zero-order valence-corrected chi connectivity index (χ0v) is 13.7. The second kappa shape index (κ2) is 6.66. The molecular formula is C15H23N3O2S. The van der Waals surface area contributed by atoms with Crippen molar-refractivity contribution in [2.24, 2.45) is 16.8 Å². The summed E-state index contributed by atoms with van der Waals surface area (Å²) in [6.07, 6.45) is 3.78. The van der Waals surface area contributed by atoms with E-state index in [9.17, 15) is 8.42 Å². The molecule has 0 radical (unpaired) electrons. The zero-order valence-electron chi connectivity index (χ0n) is 12.8. The lowest BCUT2D eigenvalue weighted by molar-refractivity contribution is 0.446. The fraction of sp³-hybridized carbons (Fsp3) is 0.600. The van der Waals surface area contributed by atoms with E-state index < -0.39 is 10.0 Å². The van der Waals surface area contributed by atoms with E-state index in [2.05, 4.69) is 35.5 Å². The van der Waals surface area contributed by atoms with E-state index in [1.165, 1.54) is 0 Å². The molecule has 1 aromatic heterocycles. The largest absolute Gasteiger partial charge is 0.265 e. The van der Waals surface area contributed by atoms with Crippen LogP contribution in [0.25, 0.3) is 0 Å². The number of nitrogens with zero attached hydrogens (tertiary/aromatic N) is 2. The Kier molecular flexibility index (Phi) is 5.11. The molecule has 2 heterocycles. The van der Waals surface area contributed by atoms with Gasteiger partial charge >= 0.3 is 0 Å². The Labute approximate surface area is 127 Å². The van der Waals surface area contributed by atoms with Crippen LogP contribution >= 0.6 is 0 Å². The van der Waals surface area contributed by atoms with Crippen molar-refractivity contribution in [2.75, 3.05) is 6.54 Å². The van der Waals surface area contributed by atoms with Crippen LogP contribution in [-0.2, 0) is 16.6 Å². The van der Waals surface area contributed by atoms with Crippen LogP contribution in [-0.4, -0.2) is 25.0 Å². The Bertz CT molecular complexity index is 624. The number of fused-ring (bicyclic) bond motifs is 1. The van der Waals surface area contributed by atoms with Crippen LogP contribution in [0.3, 0.4) is 0 Å². The molecule has 1 atom stereocenters. The predicted octanol–water partition coefficient (Wildman–Crippen LogP) is 2.33. The highest BCUT2D eigenvalue weighted by Crippen LogP contribution is 2.19. The summed E-state index contributed by atoms with van der Waals surface area (Å²) in [5.41, 5.74) is 1.35. The van der Waals surface area contributed by atoms with Gasteiger partial charge in [-0.2, -0.15) is 0 Å². The third-order valence-corrected chi connectivity index (χ3v) is 5.01. The van der Waals surface area contributed by atoms with E-state index >= 15 is 0 Å². The van der Waals surface area contributed by atoms with Gasteiger partial charge in [-0.15, -0.1) is 0 Å². The third kappa shape index (κ3) is 4.11. The molecule has 1 aromatic rings. The Balaban J connectivity index is 1.98. The lowest BCUT2D eigenvalue weighted by Crippen LogP contribution is -2.34. The van der Waals surface area contributed by atoms with Crippen LogP contribution in [0.2, 0.25) is 0 Å². The van der Waals surface area contributed by atoms with E-state index in [1.54, 1.807) is 18.3 Å². The zero-order chi connectivity index (χ0) is 15.5. The van der Waals surface area contributed by atoms with Crippen molar-refractivity contribution in [3.8, 4) is 0 Å². The molecule has 1 N–H and O–H groups in total. The Morgan fingerprint density at radius 3 is 2.76 bits per heavy atom. The van der Waals surface area contributed by atoms with Gasteiger partial charge in [0.05, 0.1) is 12.2 Å². The first-order valence-corrected chi connectivity index (χ1v) is 8.87. The van der Waals surface area contributed by atoms with E-state index in [0.717, 1.165) is 18.5 Å². The highest BCUT2D eigenvalue weighted by Gasteiger charge is 2.28. The van der Waals surface area contributed by atoms with Gasteiger partial charge in [-0.1, -0.05) is 27.2 Å². The summed E-state index contributed by atoms with van der Waals surface area (Å²) in [5, 5.41) is 0.127. The topological polar surface area (TPSA) is 71.4 Å². The normalized spacial score (nSPS) is 15.9. The van der Waals surface area contributed by atoms with Crippen LogP contribution in [0.5, 0.6) is 0 Å². The predicted molar refractivity (Wildman–Crippen MR) is 84.6 cm³/mol. The summed E-state index contributed by atoms with van der Waals surface area (Å²) in [6, 6.07) is 3.50. The molecule has 0 saturated carbocycles. The van der Waals surface area contributed by atoms with Crippen LogP contribution < -0.4 is 4.72 Å². The van der Waals surface area contributed by atoms with Gasteiger partial charge in [0.15, 0.2) is 5.04 Å². The standard InChI is InChI=1S/C15H23N3O2S/c1-11(2)6-7-12(3)9-18-21(19,20)15-13-5-4-8-16-14(13)10-17-15/h4-5,8,11-12,18H,6-7,9-10H2,1-3H3/t12-/m0/s1. The summed E-state index contributed by atoms with van der Waals surface area (Å²) in [5.74, 6) is 0.957. The molecule has 0 fully saturated rings. The highest BCUT2D eigenvalue weighted by molar-refractivity contribution is 8.05. The highest BCUT2D eigenvalue weighted by atomic mass is 32.2. The molecule has 5 nitrogen and oxygen atoms in total. The Morgan fingerprint density at radius 1 is 1.29 bits per heavy atom. The van der Waals surface area contributed by atoms with Gasteiger partial charge in [0, 0.05) is 18.3 Å². The minimum atomic E-state index is -3.55. The molecule has 21 heavy (non-hydrogen) atoms. The number of hydrogen-bond acceptors (Lipinski definition) is 4. The van der Waals surface area contributed by atoms with Crippen LogP contribution in [0.1, 0.15) is 44.9 Å². The van der Waals surface area contributed by atoms with Crippen molar-refractivity contribution in [3.05, 3.63) is 29.6 Å². The second-order valence-electron chi connectivity index (χ2n) is 6.05. The summed E-state index contributed by atoms with van der Waals surface area (Å²) in [4.78, 5) is 8.29. The Morgan fingerprint density at radius 2 is 2.05 bits per heavy atom. The average molecular weight is 309 g/mol. The molecule has 1 aliphatic rings. The summed E-state index contributed by atoms with van der Waals surface area (Å²) in [6.45, 7) is 7.21. The van der Waals surface area contributed by atoms with Gasteiger partial charge < -0.3 is 0 Å². The fourth-order valence-corrected chi connectivity index (χ4v) is 3.61. The summed E-state index contributed by atoms with van der Waals surface area (Å²) in [7, 11) is -3.55. The first-order valence-electron chi connectivity index (χ1n) is 7.38. The van der Waals surface area contributed by atoms with Crippen molar-refractivity contribution in [2.45, 2.75) is 40.2 Å². The summed E-state index contributed by atoms with van der Waals surface area (Å²) < 4.78 is 27.4. The number of aromatic nitrogens is 1. The molecule has 0 spiro atoms. The fourth-order valence-electron chi connectivity index (χ4n) is 2.26. The van der Waals surface area contributed by atoms with Gasteiger partial charge in [-0.25, -0.2) is 13.1 Å². The molecule has 0 amide bonds. The number of hydrogen-bond donors (Lipinski definition) is 1. The third-order valence-electron chi connectivity index (χ3n) is 3.61. The maximum atomic E-state index is 12.4. The van der Waals surface area contributed by atoms with Crippen LogP contribution in [0.15, 0.2) is 23.3 Å². The number of rotatable bonds is 6. The van der Waals surface area contributed by atoms with Crippen LogP contribution in [0.4, 0.5) is 0 Å². The number of nitrogens with one attached hydrogen (secondary N) is 1. The second-order valence-corrected chi connectivity index (χ2v) is 7.73. The smallest absolute Gasteiger partial charge is 0.258 e. The molecule has 0 aromatic carbocycles. The lowest BCUT2D eigenvalue weighted by atomic mass is 10.00. The van der Waals surface area contributed by atoms with Crippen molar-refractivity contribution < 1.29 is 8.42 Å². The summed E-state index contributed by atoms with van der Waals surface area (Å²) >= 11 is 0.